The van der Waals surface area contributed by atoms with Gasteiger partial charge in [0.1, 0.15) is 11.6 Å². The Morgan fingerprint density at radius 3 is 2.27 bits per heavy atom. The predicted octanol–water partition coefficient (Wildman–Crippen LogP) is 5.07. The van der Waals surface area contributed by atoms with Crippen molar-refractivity contribution in [1.82, 2.24) is 4.90 Å². The van der Waals surface area contributed by atoms with E-state index in [9.17, 15) is 22.4 Å². The number of halogens is 4. The normalized spacial score (nSPS) is 14.8. The minimum atomic E-state index is -4.39. The van der Waals surface area contributed by atoms with Gasteiger partial charge in [0, 0.05) is 37.4 Å². The highest BCUT2D eigenvalue weighted by atomic mass is 19.4. The van der Waals surface area contributed by atoms with Crippen molar-refractivity contribution in [1.29, 1.82) is 0 Å². The summed E-state index contributed by atoms with van der Waals surface area (Å²) in [7, 11) is 0. The van der Waals surface area contributed by atoms with Crippen LogP contribution in [0.4, 0.5) is 23.2 Å². The van der Waals surface area contributed by atoms with Gasteiger partial charge in [-0.05, 0) is 54.6 Å². The van der Waals surface area contributed by atoms with E-state index in [4.69, 9.17) is 4.42 Å². The van der Waals surface area contributed by atoms with Crippen LogP contribution in [0, 0.1) is 5.82 Å². The minimum absolute atomic E-state index is 0.168. The van der Waals surface area contributed by atoms with Crippen LogP contribution >= 0.6 is 0 Å². The first kappa shape index (κ1) is 20.0. The first-order chi connectivity index (χ1) is 14.3. The Kier molecular flexibility index (Phi) is 5.24. The van der Waals surface area contributed by atoms with Crippen molar-refractivity contribution in [3.05, 3.63) is 77.8 Å². The van der Waals surface area contributed by atoms with Gasteiger partial charge in [0.25, 0.3) is 5.91 Å². The Bertz CT molecular complexity index is 1040. The molecule has 4 rings (SSSR count). The summed E-state index contributed by atoms with van der Waals surface area (Å²) in [6, 6.07) is 14.2. The Hall–Kier alpha value is -3.29. The van der Waals surface area contributed by atoms with Gasteiger partial charge in [-0.2, -0.15) is 13.2 Å². The molecule has 8 heteroatoms. The van der Waals surface area contributed by atoms with Crippen molar-refractivity contribution in [2.24, 2.45) is 0 Å². The lowest BCUT2D eigenvalue weighted by Crippen LogP contribution is -2.48. The highest BCUT2D eigenvalue weighted by Gasteiger charge is 2.31. The van der Waals surface area contributed by atoms with Crippen molar-refractivity contribution in [2.45, 2.75) is 6.18 Å². The number of hydrogen-bond acceptors (Lipinski definition) is 3. The van der Waals surface area contributed by atoms with E-state index in [0.29, 0.717) is 43.2 Å². The maximum absolute atomic E-state index is 13.1. The molecular formula is C22H18F4N2O2. The summed E-state index contributed by atoms with van der Waals surface area (Å²) in [5.41, 5.74) is 0.445. The molecule has 0 saturated carbocycles. The third kappa shape index (κ3) is 4.17. The molecule has 2 aromatic carbocycles. The highest BCUT2D eigenvalue weighted by Crippen LogP contribution is 2.32. The number of benzene rings is 2. The van der Waals surface area contributed by atoms with Crippen LogP contribution in [0.2, 0.25) is 0 Å². The second kappa shape index (κ2) is 7.85. The lowest BCUT2D eigenvalue weighted by atomic mass is 10.1. The number of carbonyl (C=O) groups excluding carboxylic acids is 1. The molecule has 30 heavy (non-hydrogen) atoms. The highest BCUT2D eigenvalue weighted by molar-refractivity contribution is 5.92. The largest absolute Gasteiger partial charge is 0.451 e. The molecule has 1 aromatic heterocycles. The number of rotatable bonds is 3. The zero-order chi connectivity index (χ0) is 21.3. The van der Waals surface area contributed by atoms with Crippen molar-refractivity contribution in [3.8, 4) is 11.3 Å². The number of alkyl halides is 3. The van der Waals surface area contributed by atoms with E-state index in [-0.39, 0.29) is 17.5 Å². The Labute approximate surface area is 170 Å². The summed E-state index contributed by atoms with van der Waals surface area (Å²) in [5, 5.41) is 0. The molecule has 0 N–H and O–H groups in total. The SMILES string of the molecule is O=C(c1ccc(-c2ccc(F)cc2)o1)N1CCN(c2cccc(C(F)(F)F)c2)CC1. The molecule has 1 aliphatic rings. The maximum atomic E-state index is 13.1. The zero-order valence-electron chi connectivity index (χ0n) is 15.8. The number of nitrogens with zero attached hydrogens (tertiary/aromatic N) is 2. The van der Waals surface area contributed by atoms with Gasteiger partial charge in [-0.25, -0.2) is 4.39 Å². The molecular weight excluding hydrogens is 400 g/mol. The Balaban J connectivity index is 1.41. The molecule has 1 fully saturated rings. The third-order valence-electron chi connectivity index (χ3n) is 5.05. The first-order valence-electron chi connectivity index (χ1n) is 9.38. The third-order valence-corrected chi connectivity index (χ3v) is 5.05. The Morgan fingerprint density at radius 1 is 0.900 bits per heavy atom. The number of furan rings is 1. The summed E-state index contributed by atoms with van der Waals surface area (Å²) in [6.45, 7) is 1.56. The van der Waals surface area contributed by atoms with Gasteiger partial charge in [-0.3, -0.25) is 4.79 Å². The molecule has 156 valence electrons. The fourth-order valence-corrected chi connectivity index (χ4v) is 3.42. The summed E-state index contributed by atoms with van der Waals surface area (Å²) in [4.78, 5) is 16.2. The molecule has 0 unspecified atom stereocenters. The predicted molar refractivity (Wildman–Crippen MR) is 104 cm³/mol. The standard InChI is InChI=1S/C22H18F4N2O2/c23-17-6-4-15(5-7-17)19-8-9-20(30-19)21(29)28-12-10-27(11-13-28)18-3-1-2-16(14-18)22(24,25)26/h1-9,14H,10-13H2. The van der Waals surface area contributed by atoms with Gasteiger partial charge < -0.3 is 14.2 Å². The van der Waals surface area contributed by atoms with E-state index in [0.717, 1.165) is 12.1 Å². The zero-order valence-corrected chi connectivity index (χ0v) is 15.8. The molecule has 1 saturated heterocycles. The van der Waals surface area contributed by atoms with Gasteiger partial charge in [0.15, 0.2) is 5.76 Å². The molecule has 0 radical (unpaired) electrons. The number of hydrogen-bond donors (Lipinski definition) is 0. The van der Waals surface area contributed by atoms with Crippen LogP contribution in [0.5, 0.6) is 0 Å². The van der Waals surface area contributed by atoms with E-state index in [2.05, 4.69) is 0 Å². The van der Waals surface area contributed by atoms with E-state index in [1.165, 1.54) is 18.2 Å². The second-order valence-corrected chi connectivity index (χ2v) is 7.00. The fourth-order valence-electron chi connectivity index (χ4n) is 3.42. The van der Waals surface area contributed by atoms with Gasteiger partial charge in [-0.15, -0.1) is 0 Å². The Morgan fingerprint density at radius 2 is 1.60 bits per heavy atom. The average molecular weight is 418 g/mol. The number of amides is 1. The molecule has 4 nitrogen and oxygen atoms in total. The van der Waals surface area contributed by atoms with Crippen molar-refractivity contribution >= 4 is 11.6 Å². The fraction of sp³-hybridized carbons (Fsp3) is 0.227. The van der Waals surface area contributed by atoms with Crippen molar-refractivity contribution in [3.63, 3.8) is 0 Å². The van der Waals surface area contributed by atoms with E-state index >= 15 is 0 Å². The van der Waals surface area contributed by atoms with Crippen LogP contribution in [0.15, 0.2) is 65.1 Å². The number of anilines is 1. The second-order valence-electron chi connectivity index (χ2n) is 7.00. The van der Waals surface area contributed by atoms with Gasteiger partial charge in [-0.1, -0.05) is 6.07 Å². The van der Waals surface area contributed by atoms with E-state index in [1.54, 1.807) is 35.2 Å². The lowest BCUT2D eigenvalue weighted by molar-refractivity contribution is -0.137. The summed E-state index contributed by atoms with van der Waals surface area (Å²) >= 11 is 0. The smallest absolute Gasteiger partial charge is 0.416 e. The van der Waals surface area contributed by atoms with Crippen LogP contribution in [-0.4, -0.2) is 37.0 Å². The summed E-state index contributed by atoms with van der Waals surface area (Å²) in [5.74, 6) is -0.0184. The monoisotopic (exact) mass is 418 g/mol. The van der Waals surface area contributed by atoms with Crippen molar-refractivity contribution in [2.75, 3.05) is 31.1 Å². The topological polar surface area (TPSA) is 36.7 Å². The van der Waals surface area contributed by atoms with Crippen molar-refractivity contribution < 1.29 is 26.8 Å². The molecule has 0 atom stereocenters. The molecule has 0 aliphatic carbocycles. The van der Waals surface area contributed by atoms with Gasteiger partial charge >= 0.3 is 6.18 Å². The van der Waals surface area contributed by atoms with E-state index < -0.39 is 11.7 Å². The van der Waals surface area contributed by atoms with Crippen LogP contribution < -0.4 is 4.90 Å². The molecule has 2 heterocycles. The van der Waals surface area contributed by atoms with E-state index in [1.807, 2.05) is 4.90 Å². The molecule has 3 aromatic rings. The minimum Gasteiger partial charge on any atom is -0.451 e. The van der Waals surface area contributed by atoms with Crippen LogP contribution in [-0.2, 0) is 6.18 Å². The van der Waals surface area contributed by atoms with Gasteiger partial charge in [0.05, 0.1) is 5.56 Å². The molecule has 1 aliphatic heterocycles. The first-order valence-corrected chi connectivity index (χ1v) is 9.38. The molecule has 1 amide bonds. The summed E-state index contributed by atoms with van der Waals surface area (Å²) in [6.07, 6.45) is -4.39. The average Bonchev–Trinajstić information content (AvgIpc) is 3.24. The lowest BCUT2D eigenvalue weighted by Gasteiger charge is -2.36. The van der Waals surface area contributed by atoms with Crippen LogP contribution in [0.1, 0.15) is 16.1 Å². The molecule has 0 bridgehead atoms. The van der Waals surface area contributed by atoms with Crippen LogP contribution in [0.25, 0.3) is 11.3 Å². The quantitative estimate of drug-likeness (QED) is 0.558. The van der Waals surface area contributed by atoms with Crippen LogP contribution in [0.3, 0.4) is 0 Å². The maximum Gasteiger partial charge on any atom is 0.416 e. The number of carbonyl (C=O) groups is 1. The summed E-state index contributed by atoms with van der Waals surface area (Å²) < 4.78 is 57.5. The molecule has 0 spiro atoms. The number of piperazine rings is 1. The van der Waals surface area contributed by atoms with Gasteiger partial charge in [0.2, 0.25) is 0 Å².